The third-order valence-electron chi connectivity index (χ3n) is 5.61. The van der Waals surface area contributed by atoms with Crippen molar-refractivity contribution in [2.75, 3.05) is 4.90 Å². The predicted molar refractivity (Wildman–Crippen MR) is 123 cm³/mol. The zero-order valence-corrected chi connectivity index (χ0v) is 18.6. The number of benzene rings is 2. The van der Waals surface area contributed by atoms with E-state index in [0.29, 0.717) is 5.69 Å². The molecular formula is C26H24N2O6. The number of esters is 1. The molecule has 1 aliphatic rings. The van der Waals surface area contributed by atoms with Crippen LogP contribution in [0.15, 0.2) is 83.5 Å². The average molecular weight is 460 g/mol. The van der Waals surface area contributed by atoms with Crippen molar-refractivity contribution in [2.24, 2.45) is 0 Å². The third-order valence-corrected chi connectivity index (χ3v) is 5.61. The summed E-state index contributed by atoms with van der Waals surface area (Å²) in [5.41, 5.74) is 1.23. The van der Waals surface area contributed by atoms with E-state index in [2.05, 4.69) is 0 Å². The van der Waals surface area contributed by atoms with E-state index in [-0.39, 0.29) is 25.1 Å². The molecule has 2 heterocycles. The number of para-hydroxylation sites is 1. The molecule has 2 unspecified atom stereocenters. The largest absolute Gasteiger partial charge is 0.457 e. The maximum absolute atomic E-state index is 13.6. The van der Waals surface area contributed by atoms with Crippen molar-refractivity contribution >= 4 is 29.4 Å². The monoisotopic (exact) mass is 460 g/mol. The number of hydrogen-bond donors (Lipinski definition) is 0. The Morgan fingerprint density at radius 1 is 1.03 bits per heavy atom. The molecule has 1 aromatic heterocycles. The minimum absolute atomic E-state index is 0.0248. The minimum Gasteiger partial charge on any atom is -0.457 e. The molecule has 0 saturated carbocycles. The van der Waals surface area contributed by atoms with Gasteiger partial charge in [0.15, 0.2) is 6.10 Å². The van der Waals surface area contributed by atoms with Crippen molar-refractivity contribution in [3.63, 3.8) is 0 Å². The highest BCUT2D eigenvalue weighted by atomic mass is 16.6. The van der Waals surface area contributed by atoms with E-state index in [9.17, 15) is 19.2 Å². The van der Waals surface area contributed by atoms with Crippen molar-refractivity contribution in [1.82, 2.24) is 4.90 Å². The molecule has 0 radical (unpaired) electrons. The van der Waals surface area contributed by atoms with E-state index in [1.165, 1.54) is 17.2 Å². The molecule has 0 spiro atoms. The fourth-order valence-electron chi connectivity index (χ4n) is 3.90. The first-order valence-corrected chi connectivity index (χ1v) is 11.0. The van der Waals surface area contributed by atoms with Gasteiger partial charge in [0, 0.05) is 6.54 Å². The summed E-state index contributed by atoms with van der Waals surface area (Å²) < 4.78 is 10.5. The number of carbonyl (C=O) groups is 4. The van der Waals surface area contributed by atoms with Crippen LogP contribution in [-0.4, -0.2) is 40.7 Å². The molecule has 0 bridgehead atoms. The van der Waals surface area contributed by atoms with Gasteiger partial charge in [-0.3, -0.25) is 14.4 Å². The Hall–Kier alpha value is -4.20. The number of carbonyl (C=O) groups excluding carboxylic acids is 4. The smallest absolute Gasteiger partial charge is 0.374 e. The normalized spacial score (nSPS) is 16.4. The molecule has 1 fully saturated rings. The van der Waals surface area contributed by atoms with Crippen LogP contribution in [0.2, 0.25) is 0 Å². The van der Waals surface area contributed by atoms with E-state index in [1.54, 1.807) is 43.3 Å². The van der Waals surface area contributed by atoms with Crippen LogP contribution in [0, 0.1) is 0 Å². The third kappa shape index (κ3) is 4.76. The number of ether oxygens (including phenoxy) is 1. The first kappa shape index (κ1) is 23.0. The summed E-state index contributed by atoms with van der Waals surface area (Å²) in [6.07, 6.45) is 0.222. The summed E-state index contributed by atoms with van der Waals surface area (Å²) >= 11 is 0. The number of furan rings is 1. The van der Waals surface area contributed by atoms with Gasteiger partial charge in [-0.25, -0.2) is 9.69 Å². The van der Waals surface area contributed by atoms with Crippen molar-refractivity contribution in [3.05, 3.63) is 90.4 Å². The Balaban J connectivity index is 1.62. The second kappa shape index (κ2) is 10.2. The highest BCUT2D eigenvalue weighted by Crippen LogP contribution is 2.27. The summed E-state index contributed by atoms with van der Waals surface area (Å²) in [7, 11) is 0. The van der Waals surface area contributed by atoms with Crippen LogP contribution in [0.4, 0.5) is 5.69 Å². The zero-order chi connectivity index (χ0) is 24.1. The minimum atomic E-state index is -1.14. The Bertz CT molecular complexity index is 1160. The van der Waals surface area contributed by atoms with Gasteiger partial charge in [-0.1, -0.05) is 55.5 Å². The first-order chi connectivity index (χ1) is 16.5. The molecule has 3 aromatic rings. The van der Waals surface area contributed by atoms with E-state index in [1.807, 2.05) is 30.3 Å². The summed E-state index contributed by atoms with van der Waals surface area (Å²) in [5, 5.41) is 0. The van der Waals surface area contributed by atoms with Crippen LogP contribution in [0.25, 0.3) is 0 Å². The molecule has 8 heteroatoms. The van der Waals surface area contributed by atoms with Gasteiger partial charge in [0.2, 0.25) is 11.7 Å². The van der Waals surface area contributed by atoms with Crippen LogP contribution in [0.5, 0.6) is 0 Å². The number of anilines is 1. The van der Waals surface area contributed by atoms with Gasteiger partial charge in [-0.2, -0.15) is 0 Å². The number of rotatable bonds is 8. The quantitative estimate of drug-likeness (QED) is 0.377. The van der Waals surface area contributed by atoms with Crippen LogP contribution in [0.3, 0.4) is 0 Å². The maximum atomic E-state index is 13.6. The van der Waals surface area contributed by atoms with Crippen LogP contribution >= 0.6 is 0 Å². The van der Waals surface area contributed by atoms with E-state index in [0.717, 1.165) is 10.5 Å². The highest BCUT2D eigenvalue weighted by molar-refractivity contribution is 6.23. The van der Waals surface area contributed by atoms with Gasteiger partial charge in [-0.15, -0.1) is 0 Å². The highest BCUT2D eigenvalue weighted by Gasteiger charge is 2.45. The van der Waals surface area contributed by atoms with Crippen molar-refractivity contribution < 1.29 is 28.3 Å². The Kier molecular flexibility index (Phi) is 6.87. The summed E-state index contributed by atoms with van der Waals surface area (Å²) in [6.45, 7) is 1.79. The van der Waals surface area contributed by atoms with Crippen LogP contribution in [0.1, 0.15) is 35.9 Å². The molecule has 34 heavy (non-hydrogen) atoms. The van der Waals surface area contributed by atoms with Gasteiger partial charge in [0.1, 0.15) is 6.04 Å². The molecule has 4 rings (SSSR count). The standard InChI is InChI=1S/C26H24N2O6/c1-2-21(34-26(32)22-14-9-15-33-22)25(31)27(17-18-10-5-3-6-11-18)20-16-23(29)28(24(20)30)19-12-7-4-8-13-19/h3-15,20-21H,2,16-17H2,1H3. The van der Waals surface area contributed by atoms with Crippen LogP contribution < -0.4 is 4.90 Å². The lowest BCUT2D eigenvalue weighted by Gasteiger charge is -2.30. The Morgan fingerprint density at radius 3 is 2.32 bits per heavy atom. The van der Waals surface area contributed by atoms with E-state index in [4.69, 9.17) is 9.15 Å². The summed E-state index contributed by atoms with van der Waals surface area (Å²) in [5.74, 6) is -2.24. The second-order valence-corrected chi connectivity index (χ2v) is 7.85. The van der Waals surface area contributed by atoms with Gasteiger partial charge < -0.3 is 14.1 Å². The molecule has 1 saturated heterocycles. The van der Waals surface area contributed by atoms with Crippen molar-refractivity contribution in [2.45, 2.75) is 38.5 Å². The van der Waals surface area contributed by atoms with Crippen molar-refractivity contribution in [3.8, 4) is 0 Å². The van der Waals surface area contributed by atoms with E-state index < -0.39 is 35.8 Å². The molecule has 174 valence electrons. The number of imide groups is 1. The number of nitrogens with zero attached hydrogens (tertiary/aromatic N) is 2. The van der Waals surface area contributed by atoms with Crippen LogP contribution in [-0.2, 0) is 25.7 Å². The summed E-state index contributed by atoms with van der Waals surface area (Å²) in [4.78, 5) is 54.6. The fourth-order valence-corrected chi connectivity index (χ4v) is 3.90. The molecule has 2 atom stereocenters. The van der Waals surface area contributed by atoms with Gasteiger partial charge >= 0.3 is 5.97 Å². The zero-order valence-electron chi connectivity index (χ0n) is 18.6. The fraction of sp³-hybridized carbons (Fsp3) is 0.231. The van der Waals surface area contributed by atoms with Gasteiger partial charge in [0.25, 0.3) is 11.8 Å². The molecule has 2 aromatic carbocycles. The summed E-state index contributed by atoms with van der Waals surface area (Å²) in [6, 6.07) is 19.7. The number of amides is 3. The average Bonchev–Trinajstić information content (AvgIpc) is 3.50. The molecule has 3 amide bonds. The molecule has 1 aliphatic heterocycles. The maximum Gasteiger partial charge on any atom is 0.374 e. The lowest BCUT2D eigenvalue weighted by atomic mass is 10.1. The molecule has 8 nitrogen and oxygen atoms in total. The SMILES string of the molecule is CCC(OC(=O)c1ccco1)C(=O)N(Cc1ccccc1)C1CC(=O)N(c2ccccc2)C1=O. The number of hydrogen-bond acceptors (Lipinski definition) is 6. The second-order valence-electron chi connectivity index (χ2n) is 7.85. The van der Waals surface area contributed by atoms with Gasteiger partial charge in [0.05, 0.1) is 18.4 Å². The van der Waals surface area contributed by atoms with Crippen molar-refractivity contribution in [1.29, 1.82) is 0 Å². The predicted octanol–water partition coefficient (Wildman–Crippen LogP) is 3.58. The lowest BCUT2D eigenvalue weighted by Crippen LogP contribution is -2.49. The lowest BCUT2D eigenvalue weighted by molar-refractivity contribution is -0.147. The topological polar surface area (TPSA) is 97.1 Å². The Morgan fingerprint density at radius 2 is 1.71 bits per heavy atom. The molecule has 0 N–H and O–H groups in total. The molecule has 0 aliphatic carbocycles. The molecular weight excluding hydrogens is 436 g/mol. The Labute approximate surface area is 196 Å². The van der Waals surface area contributed by atoms with Gasteiger partial charge in [-0.05, 0) is 36.2 Å². The van der Waals surface area contributed by atoms with E-state index >= 15 is 0 Å². The first-order valence-electron chi connectivity index (χ1n) is 11.0.